The van der Waals surface area contributed by atoms with Crippen molar-refractivity contribution in [2.45, 2.75) is 19.8 Å². The molecule has 0 N–H and O–H groups in total. The molecule has 0 aliphatic heterocycles. The van der Waals surface area contributed by atoms with E-state index in [-0.39, 0.29) is 0 Å². The third-order valence-electron chi connectivity index (χ3n) is 1.85. The van der Waals surface area contributed by atoms with Gasteiger partial charge < -0.3 is 0 Å². The van der Waals surface area contributed by atoms with Crippen LogP contribution in [0.15, 0.2) is 18.5 Å². The fourth-order valence-electron chi connectivity index (χ4n) is 1.11. The van der Waals surface area contributed by atoms with Crippen LogP contribution in [0.25, 0.3) is 10.1 Å². The molecule has 2 rings (SSSR count). The van der Waals surface area contributed by atoms with Gasteiger partial charge in [-0.1, -0.05) is 13.8 Å². The molecule has 0 spiro atoms. The minimum absolute atomic E-state index is 0.495. The Morgan fingerprint density at radius 1 is 1.33 bits per heavy atom. The number of rotatable bonds is 1. The van der Waals surface area contributed by atoms with E-state index in [0.29, 0.717) is 5.92 Å². The van der Waals surface area contributed by atoms with Crippen molar-refractivity contribution in [3.05, 3.63) is 24.2 Å². The van der Waals surface area contributed by atoms with Gasteiger partial charge in [-0.15, -0.1) is 0 Å². The lowest BCUT2D eigenvalue weighted by molar-refractivity contribution is 0.826. The third kappa shape index (κ3) is 1.20. The highest BCUT2D eigenvalue weighted by Crippen LogP contribution is 2.20. The molecule has 0 saturated carbocycles. The average Bonchev–Trinajstić information content (AvgIpc) is 2.49. The highest BCUT2D eigenvalue weighted by Gasteiger charge is 2.02. The molecule has 12 heavy (non-hydrogen) atoms. The predicted molar refractivity (Wildman–Crippen MR) is 51.5 cm³/mol. The summed E-state index contributed by atoms with van der Waals surface area (Å²) in [5, 5.41) is 1.21. The van der Waals surface area contributed by atoms with E-state index in [1.165, 1.54) is 21.6 Å². The molecule has 0 aliphatic carbocycles. The molecule has 0 radical (unpaired) electrons. The Morgan fingerprint density at radius 3 is 2.92 bits per heavy atom. The van der Waals surface area contributed by atoms with Gasteiger partial charge in [0, 0.05) is 23.5 Å². The van der Waals surface area contributed by atoms with Gasteiger partial charge in [-0.05, 0) is 23.5 Å². The summed E-state index contributed by atoms with van der Waals surface area (Å²) in [5.74, 6) is 0.495. The van der Waals surface area contributed by atoms with Crippen molar-refractivity contribution in [3.63, 3.8) is 0 Å². The largest absolute Gasteiger partial charge is 0.259 e. The second-order valence-electron chi connectivity index (χ2n) is 3.13. The van der Waals surface area contributed by atoms with Crippen molar-refractivity contribution in [2.75, 3.05) is 0 Å². The number of fused-ring (bicyclic) bond motifs is 1. The Labute approximate surface area is 75.4 Å². The van der Waals surface area contributed by atoms with Gasteiger partial charge >= 0.3 is 0 Å². The van der Waals surface area contributed by atoms with E-state index in [4.69, 9.17) is 0 Å². The molecule has 2 nitrogen and oxygen atoms in total. The average molecular weight is 178 g/mol. The SMILES string of the molecule is CC(C)c1cc2cnsc2cn1. The first-order valence-electron chi connectivity index (χ1n) is 3.97. The van der Waals surface area contributed by atoms with Gasteiger partial charge in [0.25, 0.3) is 0 Å². The van der Waals surface area contributed by atoms with Crippen LogP contribution in [0.2, 0.25) is 0 Å². The Morgan fingerprint density at radius 2 is 2.17 bits per heavy atom. The van der Waals surface area contributed by atoms with E-state index in [1.807, 2.05) is 12.4 Å². The summed E-state index contributed by atoms with van der Waals surface area (Å²) < 4.78 is 5.27. The molecule has 0 bridgehead atoms. The van der Waals surface area contributed by atoms with E-state index < -0.39 is 0 Å². The van der Waals surface area contributed by atoms with Crippen LogP contribution in [0.3, 0.4) is 0 Å². The number of hydrogen-bond acceptors (Lipinski definition) is 3. The molecule has 2 aromatic heterocycles. The first-order chi connectivity index (χ1) is 5.77. The fraction of sp³-hybridized carbons (Fsp3) is 0.333. The van der Waals surface area contributed by atoms with Gasteiger partial charge in [-0.2, -0.15) is 4.37 Å². The minimum atomic E-state index is 0.495. The van der Waals surface area contributed by atoms with Crippen LogP contribution < -0.4 is 0 Å². The second-order valence-corrected chi connectivity index (χ2v) is 3.96. The molecule has 0 fully saturated rings. The normalized spacial score (nSPS) is 11.2. The molecule has 0 saturated heterocycles. The first-order valence-corrected chi connectivity index (χ1v) is 4.75. The van der Waals surface area contributed by atoms with E-state index in [2.05, 4.69) is 29.3 Å². The summed E-state index contributed by atoms with van der Waals surface area (Å²) in [4.78, 5) is 4.35. The number of hydrogen-bond donors (Lipinski definition) is 0. The van der Waals surface area contributed by atoms with E-state index in [1.54, 1.807) is 0 Å². The van der Waals surface area contributed by atoms with Crippen molar-refractivity contribution in [1.82, 2.24) is 9.36 Å². The van der Waals surface area contributed by atoms with Crippen LogP contribution in [-0.2, 0) is 0 Å². The van der Waals surface area contributed by atoms with Crippen molar-refractivity contribution in [3.8, 4) is 0 Å². The maximum Gasteiger partial charge on any atom is 0.0733 e. The lowest BCUT2D eigenvalue weighted by Gasteiger charge is -2.02. The quantitative estimate of drug-likeness (QED) is 0.671. The van der Waals surface area contributed by atoms with Crippen LogP contribution in [0.4, 0.5) is 0 Å². The van der Waals surface area contributed by atoms with Crippen LogP contribution in [-0.4, -0.2) is 9.36 Å². The maximum atomic E-state index is 4.35. The standard InChI is InChI=1S/C9H10N2S/c1-6(2)8-3-7-4-11-12-9(7)5-10-8/h3-6H,1-2H3. The monoisotopic (exact) mass is 178 g/mol. The van der Waals surface area contributed by atoms with Gasteiger partial charge in [0.05, 0.1) is 4.70 Å². The minimum Gasteiger partial charge on any atom is -0.259 e. The molecular weight excluding hydrogens is 168 g/mol. The van der Waals surface area contributed by atoms with E-state index in [0.717, 1.165) is 5.69 Å². The summed E-state index contributed by atoms with van der Waals surface area (Å²) in [6.07, 6.45) is 3.80. The highest BCUT2D eigenvalue weighted by molar-refractivity contribution is 7.13. The van der Waals surface area contributed by atoms with Crippen LogP contribution in [0.1, 0.15) is 25.5 Å². The summed E-state index contributed by atoms with van der Waals surface area (Å²) >= 11 is 1.50. The Bertz CT molecular complexity index is 392. The predicted octanol–water partition coefficient (Wildman–Crippen LogP) is 2.81. The molecule has 2 heterocycles. The van der Waals surface area contributed by atoms with Crippen LogP contribution in [0, 0.1) is 0 Å². The topological polar surface area (TPSA) is 25.8 Å². The smallest absolute Gasteiger partial charge is 0.0733 e. The first kappa shape index (κ1) is 7.68. The lowest BCUT2D eigenvalue weighted by atomic mass is 10.1. The molecule has 0 aromatic carbocycles. The van der Waals surface area contributed by atoms with Gasteiger partial charge in [-0.3, -0.25) is 4.98 Å². The molecule has 2 aromatic rings. The molecule has 0 amide bonds. The summed E-state index contributed by atoms with van der Waals surface area (Å²) in [7, 11) is 0. The third-order valence-corrected chi connectivity index (χ3v) is 2.60. The Kier molecular flexibility index (Phi) is 1.81. The van der Waals surface area contributed by atoms with Crippen LogP contribution in [0.5, 0.6) is 0 Å². The zero-order valence-corrected chi connectivity index (χ0v) is 7.93. The van der Waals surface area contributed by atoms with Gasteiger partial charge in [0.2, 0.25) is 0 Å². The molecule has 62 valence electrons. The number of pyridine rings is 1. The van der Waals surface area contributed by atoms with Crippen molar-refractivity contribution in [1.29, 1.82) is 0 Å². The van der Waals surface area contributed by atoms with Crippen molar-refractivity contribution >= 4 is 21.6 Å². The number of aromatic nitrogens is 2. The lowest BCUT2D eigenvalue weighted by Crippen LogP contribution is -1.89. The molecule has 3 heteroatoms. The zero-order valence-electron chi connectivity index (χ0n) is 7.11. The van der Waals surface area contributed by atoms with Crippen molar-refractivity contribution < 1.29 is 0 Å². The Balaban J connectivity index is 2.60. The van der Waals surface area contributed by atoms with Gasteiger partial charge in [0.1, 0.15) is 0 Å². The summed E-state index contributed by atoms with van der Waals surface area (Å²) in [6.45, 7) is 4.29. The summed E-state index contributed by atoms with van der Waals surface area (Å²) in [5.41, 5.74) is 1.14. The molecular formula is C9H10N2S. The molecule has 0 unspecified atom stereocenters. The van der Waals surface area contributed by atoms with E-state index >= 15 is 0 Å². The fourth-order valence-corrected chi connectivity index (χ4v) is 1.70. The zero-order chi connectivity index (χ0) is 8.55. The maximum absolute atomic E-state index is 4.35. The van der Waals surface area contributed by atoms with E-state index in [9.17, 15) is 0 Å². The van der Waals surface area contributed by atoms with Gasteiger partial charge in [0.15, 0.2) is 0 Å². The Hall–Kier alpha value is -0.960. The summed E-state index contributed by atoms with van der Waals surface area (Å²) in [6, 6.07) is 2.11. The molecule has 0 aliphatic rings. The number of nitrogens with zero attached hydrogens (tertiary/aromatic N) is 2. The highest BCUT2D eigenvalue weighted by atomic mass is 32.1. The van der Waals surface area contributed by atoms with Gasteiger partial charge in [-0.25, -0.2) is 0 Å². The van der Waals surface area contributed by atoms with Crippen LogP contribution >= 0.6 is 11.5 Å². The molecule has 0 atom stereocenters. The second kappa shape index (κ2) is 2.83. The van der Waals surface area contributed by atoms with Crippen molar-refractivity contribution in [2.24, 2.45) is 0 Å².